The van der Waals surface area contributed by atoms with Gasteiger partial charge in [-0.1, -0.05) is 12.1 Å². The van der Waals surface area contributed by atoms with Gasteiger partial charge in [0.15, 0.2) is 18.2 Å². The van der Waals surface area contributed by atoms with E-state index < -0.39 is 41.8 Å². The minimum Gasteiger partial charge on any atom is -0.484 e. The minimum absolute atomic E-state index is 0.0685. The van der Waals surface area contributed by atoms with Gasteiger partial charge in [0.1, 0.15) is 23.1 Å². The first-order valence-corrected chi connectivity index (χ1v) is 10.8. The summed E-state index contributed by atoms with van der Waals surface area (Å²) >= 11 is 0. The second-order valence-corrected chi connectivity index (χ2v) is 7.69. The number of ether oxygens (including phenoxy) is 2. The number of carbonyl (C=O) groups is 3. The standard InChI is InChI=1S/C24H24FN3O8/c1-13-22(36-18-7-3-2-5-16(18)25)21(30)15-9-8-14(11-19(15)35-13)34-12-20(29)28-17(23(31)32)6-4-10-27-24(26)33/h2-3,5,7-9,11,17H,4,6,10,12H2,1H3,(H,28,29)(H,31,32)(H3,26,27,33)/t17-/m0/s1. The Morgan fingerprint density at radius 2 is 1.94 bits per heavy atom. The van der Waals surface area contributed by atoms with E-state index in [4.69, 9.17) is 19.6 Å². The number of benzene rings is 2. The summed E-state index contributed by atoms with van der Waals surface area (Å²) < 4.78 is 30.4. The quantitative estimate of drug-likeness (QED) is 0.290. The summed E-state index contributed by atoms with van der Waals surface area (Å²) in [7, 11) is 0. The molecule has 3 rings (SSSR count). The van der Waals surface area contributed by atoms with Crippen LogP contribution in [-0.4, -0.2) is 42.2 Å². The number of carboxylic acids is 1. The Morgan fingerprint density at radius 3 is 2.64 bits per heavy atom. The van der Waals surface area contributed by atoms with Crippen LogP contribution in [0.25, 0.3) is 11.0 Å². The molecule has 3 aromatic rings. The third-order valence-electron chi connectivity index (χ3n) is 5.01. The summed E-state index contributed by atoms with van der Waals surface area (Å²) in [6, 6.07) is 7.97. The molecule has 36 heavy (non-hydrogen) atoms. The lowest BCUT2D eigenvalue weighted by Gasteiger charge is -2.15. The number of carbonyl (C=O) groups excluding carboxylic acids is 2. The number of nitrogens with one attached hydrogen (secondary N) is 2. The molecule has 0 aliphatic carbocycles. The number of fused-ring (bicyclic) bond motifs is 1. The summed E-state index contributed by atoms with van der Waals surface area (Å²) in [6.45, 7) is 1.16. The van der Waals surface area contributed by atoms with Crippen LogP contribution in [0, 0.1) is 12.7 Å². The van der Waals surface area contributed by atoms with Crippen molar-refractivity contribution in [3.05, 3.63) is 64.3 Å². The number of rotatable bonds is 11. The number of primary amides is 1. The number of amides is 3. The van der Waals surface area contributed by atoms with Gasteiger partial charge >= 0.3 is 12.0 Å². The molecule has 0 fully saturated rings. The summed E-state index contributed by atoms with van der Waals surface area (Å²) in [5.74, 6) is -2.53. The molecule has 1 atom stereocenters. The molecule has 11 nitrogen and oxygen atoms in total. The SMILES string of the molecule is Cc1oc2cc(OCC(=O)N[C@@H](CCCNC(N)=O)C(=O)O)ccc2c(=O)c1Oc1ccccc1F. The number of halogens is 1. The van der Waals surface area contributed by atoms with Crippen LogP contribution < -0.4 is 31.3 Å². The first-order valence-electron chi connectivity index (χ1n) is 10.8. The van der Waals surface area contributed by atoms with Gasteiger partial charge in [-0.25, -0.2) is 14.0 Å². The highest BCUT2D eigenvalue weighted by molar-refractivity contribution is 5.84. The van der Waals surface area contributed by atoms with Gasteiger partial charge in [0, 0.05) is 12.6 Å². The highest BCUT2D eigenvalue weighted by Gasteiger charge is 2.20. The number of aliphatic carboxylic acids is 1. The summed E-state index contributed by atoms with van der Waals surface area (Å²) in [5.41, 5.74) is 4.58. The molecular weight excluding hydrogens is 477 g/mol. The zero-order valence-electron chi connectivity index (χ0n) is 19.2. The Hall–Kier alpha value is -4.61. The number of urea groups is 1. The molecule has 12 heteroatoms. The van der Waals surface area contributed by atoms with Crippen LogP contribution in [0.4, 0.5) is 9.18 Å². The first-order chi connectivity index (χ1) is 17.2. The van der Waals surface area contributed by atoms with Crippen molar-refractivity contribution in [1.29, 1.82) is 0 Å². The molecule has 0 spiro atoms. The average Bonchev–Trinajstić information content (AvgIpc) is 2.83. The van der Waals surface area contributed by atoms with Crippen molar-refractivity contribution in [2.45, 2.75) is 25.8 Å². The van der Waals surface area contributed by atoms with E-state index in [1.807, 2.05) is 0 Å². The maximum absolute atomic E-state index is 13.9. The normalized spacial score (nSPS) is 11.5. The summed E-state index contributed by atoms with van der Waals surface area (Å²) in [5, 5.41) is 14.1. The largest absolute Gasteiger partial charge is 0.484 e. The molecule has 1 aromatic heterocycles. The molecule has 2 aromatic carbocycles. The number of para-hydroxylation sites is 1. The van der Waals surface area contributed by atoms with E-state index in [1.54, 1.807) is 6.07 Å². The summed E-state index contributed by atoms with van der Waals surface area (Å²) in [4.78, 5) is 47.1. The maximum Gasteiger partial charge on any atom is 0.326 e. The fourth-order valence-corrected chi connectivity index (χ4v) is 3.27. The molecule has 0 bridgehead atoms. The van der Waals surface area contributed by atoms with E-state index in [0.717, 1.165) is 0 Å². The topological polar surface area (TPSA) is 170 Å². The number of hydrogen-bond acceptors (Lipinski definition) is 7. The molecule has 0 radical (unpaired) electrons. The highest BCUT2D eigenvalue weighted by Crippen LogP contribution is 2.28. The third-order valence-corrected chi connectivity index (χ3v) is 5.01. The van der Waals surface area contributed by atoms with Crippen LogP contribution in [0.2, 0.25) is 0 Å². The van der Waals surface area contributed by atoms with E-state index in [1.165, 1.54) is 43.3 Å². The van der Waals surface area contributed by atoms with Crippen LogP contribution in [0.3, 0.4) is 0 Å². The van der Waals surface area contributed by atoms with Crippen molar-refractivity contribution in [3.8, 4) is 17.2 Å². The molecule has 0 saturated carbocycles. The molecule has 190 valence electrons. The zero-order valence-corrected chi connectivity index (χ0v) is 19.2. The van der Waals surface area contributed by atoms with Gasteiger partial charge in [-0.15, -0.1) is 0 Å². The predicted octanol–water partition coefficient (Wildman–Crippen LogP) is 2.43. The number of hydrogen-bond donors (Lipinski definition) is 4. The molecular formula is C24H24FN3O8. The Labute approximate surface area is 204 Å². The van der Waals surface area contributed by atoms with Crippen molar-refractivity contribution in [1.82, 2.24) is 10.6 Å². The van der Waals surface area contributed by atoms with Crippen molar-refractivity contribution >= 4 is 28.9 Å². The number of aryl methyl sites for hydroxylation is 1. The first kappa shape index (κ1) is 26.0. The van der Waals surface area contributed by atoms with Gasteiger partial charge in [0.25, 0.3) is 5.91 Å². The van der Waals surface area contributed by atoms with Crippen molar-refractivity contribution in [3.63, 3.8) is 0 Å². The molecule has 0 saturated heterocycles. The monoisotopic (exact) mass is 501 g/mol. The van der Waals surface area contributed by atoms with E-state index in [2.05, 4.69) is 10.6 Å². The van der Waals surface area contributed by atoms with Gasteiger partial charge < -0.3 is 35.4 Å². The van der Waals surface area contributed by atoms with Gasteiger partial charge in [-0.2, -0.15) is 0 Å². The van der Waals surface area contributed by atoms with Crippen LogP contribution in [0.5, 0.6) is 17.2 Å². The average molecular weight is 501 g/mol. The Bertz CT molecular complexity index is 1340. The Balaban J connectivity index is 1.65. The van der Waals surface area contributed by atoms with E-state index in [-0.39, 0.29) is 53.4 Å². The second kappa shape index (κ2) is 11.7. The Morgan fingerprint density at radius 1 is 1.19 bits per heavy atom. The van der Waals surface area contributed by atoms with Crippen LogP contribution >= 0.6 is 0 Å². The van der Waals surface area contributed by atoms with Gasteiger partial charge in [-0.3, -0.25) is 9.59 Å². The van der Waals surface area contributed by atoms with Gasteiger partial charge in [-0.05, 0) is 44.0 Å². The molecule has 0 aliphatic rings. The highest BCUT2D eigenvalue weighted by atomic mass is 19.1. The van der Waals surface area contributed by atoms with Crippen LogP contribution in [0.1, 0.15) is 18.6 Å². The van der Waals surface area contributed by atoms with Gasteiger partial charge in [0.05, 0.1) is 5.39 Å². The molecule has 0 aliphatic heterocycles. The maximum atomic E-state index is 13.9. The molecule has 3 amide bonds. The fourth-order valence-electron chi connectivity index (χ4n) is 3.27. The third kappa shape index (κ3) is 6.72. The second-order valence-electron chi connectivity index (χ2n) is 7.69. The lowest BCUT2D eigenvalue weighted by Crippen LogP contribution is -2.43. The summed E-state index contributed by atoms with van der Waals surface area (Å²) in [6.07, 6.45) is 0.353. The van der Waals surface area contributed by atoms with Crippen molar-refractivity contribution < 1.29 is 37.8 Å². The number of carboxylic acid groups (broad SMARTS) is 1. The zero-order chi connectivity index (χ0) is 26.2. The van der Waals surface area contributed by atoms with E-state index in [9.17, 15) is 28.7 Å². The van der Waals surface area contributed by atoms with Crippen LogP contribution in [-0.2, 0) is 9.59 Å². The van der Waals surface area contributed by atoms with Crippen LogP contribution in [0.15, 0.2) is 51.7 Å². The van der Waals surface area contributed by atoms with Crippen molar-refractivity contribution in [2.75, 3.05) is 13.2 Å². The van der Waals surface area contributed by atoms with E-state index in [0.29, 0.717) is 0 Å². The fraction of sp³-hybridized carbons (Fsp3) is 0.250. The predicted molar refractivity (Wildman–Crippen MR) is 126 cm³/mol. The van der Waals surface area contributed by atoms with Crippen molar-refractivity contribution in [2.24, 2.45) is 5.73 Å². The number of nitrogens with two attached hydrogens (primary N) is 1. The smallest absolute Gasteiger partial charge is 0.326 e. The van der Waals surface area contributed by atoms with Gasteiger partial charge in [0.2, 0.25) is 11.2 Å². The lowest BCUT2D eigenvalue weighted by atomic mass is 10.1. The molecule has 5 N–H and O–H groups in total. The molecule has 1 heterocycles. The minimum atomic E-state index is -1.24. The van der Waals surface area contributed by atoms with E-state index >= 15 is 0 Å². The Kier molecular flexibility index (Phi) is 8.44. The molecule has 0 unspecified atom stereocenters. The lowest BCUT2D eigenvalue weighted by molar-refractivity contribution is -0.142.